The van der Waals surface area contributed by atoms with Crippen LogP contribution in [0.25, 0.3) is 0 Å². The zero-order chi connectivity index (χ0) is 19.1. The monoisotopic (exact) mass is 380 g/mol. The number of rotatable bonds is 5. The molecule has 0 heterocycles. The molecule has 3 heteroatoms. The SMILES string of the molecule is CC(C)(C)/N=C(/NCC1CCCCC1)P(c1ccccc1)c1ccccc1. The summed E-state index contributed by atoms with van der Waals surface area (Å²) in [5.41, 5.74) is 1.07. The van der Waals surface area contributed by atoms with Crippen LogP contribution in [0, 0.1) is 5.92 Å². The summed E-state index contributed by atoms with van der Waals surface area (Å²) in [4.78, 5) is 5.18. The number of nitrogens with one attached hydrogen (secondary N) is 1. The summed E-state index contributed by atoms with van der Waals surface area (Å²) >= 11 is 0. The summed E-state index contributed by atoms with van der Waals surface area (Å²) in [6.07, 6.45) is 6.86. The van der Waals surface area contributed by atoms with E-state index < -0.39 is 7.92 Å². The average molecular weight is 381 g/mol. The van der Waals surface area contributed by atoms with Gasteiger partial charge in [-0.1, -0.05) is 79.9 Å². The van der Waals surface area contributed by atoms with Crippen molar-refractivity contribution in [2.45, 2.75) is 58.4 Å². The van der Waals surface area contributed by atoms with E-state index in [9.17, 15) is 0 Å². The Kier molecular flexibility index (Phi) is 7.07. The third-order valence-corrected chi connectivity index (χ3v) is 7.27. The lowest BCUT2D eigenvalue weighted by atomic mass is 9.89. The highest BCUT2D eigenvalue weighted by Gasteiger charge is 2.24. The van der Waals surface area contributed by atoms with E-state index in [0.29, 0.717) is 0 Å². The van der Waals surface area contributed by atoms with Crippen LogP contribution in [0.1, 0.15) is 52.9 Å². The van der Waals surface area contributed by atoms with E-state index >= 15 is 0 Å². The predicted molar refractivity (Wildman–Crippen MR) is 121 cm³/mol. The minimum absolute atomic E-state index is 0.0982. The third-order valence-electron chi connectivity index (χ3n) is 4.96. The average Bonchev–Trinajstić information content (AvgIpc) is 2.68. The first-order valence-corrected chi connectivity index (χ1v) is 11.6. The van der Waals surface area contributed by atoms with Crippen molar-refractivity contribution in [2.24, 2.45) is 10.9 Å². The Bertz CT molecular complexity index is 674. The fourth-order valence-corrected chi connectivity index (χ4v) is 6.04. The Morgan fingerprint density at radius 1 is 0.889 bits per heavy atom. The number of benzene rings is 2. The van der Waals surface area contributed by atoms with Crippen molar-refractivity contribution < 1.29 is 0 Å². The quantitative estimate of drug-likeness (QED) is 0.417. The molecule has 2 aromatic rings. The molecule has 0 aliphatic heterocycles. The first-order chi connectivity index (χ1) is 13.0. The Balaban J connectivity index is 1.93. The predicted octanol–water partition coefficient (Wildman–Crippen LogP) is 5.44. The maximum atomic E-state index is 5.18. The van der Waals surface area contributed by atoms with Gasteiger partial charge in [0.05, 0.1) is 5.54 Å². The first kappa shape index (κ1) is 20.1. The van der Waals surface area contributed by atoms with E-state index in [0.717, 1.165) is 12.5 Å². The van der Waals surface area contributed by atoms with Gasteiger partial charge in [-0.25, -0.2) is 0 Å². The summed E-state index contributed by atoms with van der Waals surface area (Å²) in [6, 6.07) is 21.8. The molecule has 0 saturated heterocycles. The molecule has 1 fully saturated rings. The lowest BCUT2D eigenvalue weighted by molar-refractivity contribution is 0.357. The number of hydrogen-bond acceptors (Lipinski definition) is 1. The molecule has 0 amide bonds. The van der Waals surface area contributed by atoms with Crippen molar-refractivity contribution in [1.29, 1.82) is 0 Å². The number of amidine groups is 1. The van der Waals surface area contributed by atoms with Crippen LogP contribution in [0.15, 0.2) is 65.7 Å². The molecule has 2 nitrogen and oxygen atoms in total. The molecule has 0 spiro atoms. The molecule has 1 aliphatic rings. The molecule has 2 aromatic carbocycles. The summed E-state index contributed by atoms with van der Waals surface area (Å²) in [6.45, 7) is 7.63. The van der Waals surface area contributed by atoms with Gasteiger partial charge in [0.25, 0.3) is 0 Å². The van der Waals surface area contributed by atoms with Crippen LogP contribution in [0.3, 0.4) is 0 Å². The van der Waals surface area contributed by atoms with Crippen molar-refractivity contribution in [1.82, 2.24) is 5.32 Å². The number of aliphatic imine (C=N–C) groups is 1. The maximum Gasteiger partial charge on any atom is 0.129 e. The summed E-state index contributed by atoms with van der Waals surface area (Å²) in [5, 5.41) is 6.54. The second kappa shape index (κ2) is 9.51. The van der Waals surface area contributed by atoms with E-state index in [-0.39, 0.29) is 5.54 Å². The lowest BCUT2D eigenvalue weighted by Gasteiger charge is -2.28. The molecule has 144 valence electrons. The highest BCUT2D eigenvalue weighted by molar-refractivity contribution is 7.88. The summed E-state index contributed by atoms with van der Waals surface area (Å²) < 4.78 is 0. The van der Waals surface area contributed by atoms with E-state index in [2.05, 4.69) is 86.8 Å². The van der Waals surface area contributed by atoms with E-state index in [1.807, 2.05) is 0 Å². The van der Waals surface area contributed by atoms with E-state index in [1.165, 1.54) is 48.3 Å². The van der Waals surface area contributed by atoms with Crippen LogP contribution in [0.4, 0.5) is 0 Å². The Morgan fingerprint density at radius 3 is 1.89 bits per heavy atom. The van der Waals surface area contributed by atoms with Gasteiger partial charge in [0.1, 0.15) is 5.58 Å². The molecule has 1 aliphatic carbocycles. The summed E-state index contributed by atoms with van der Waals surface area (Å²) in [5.74, 6) is 0.785. The maximum absolute atomic E-state index is 5.18. The topological polar surface area (TPSA) is 24.4 Å². The van der Waals surface area contributed by atoms with Crippen molar-refractivity contribution in [3.8, 4) is 0 Å². The first-order valence-electron chi connectivity index (χ1n) is 10.3. The van der Waals surface area contributed by atoms with E-state index in [1.54, 1.807) is 0 Å². The molecular weight excluding hydrogens is 347 g/mol. The van der Waals surface area contributed by atoms with Crippen LogP contribution in [-0.2, 0) is 0 Å². The molecule has 0 unspecified atom stereocenters. The third kappa shape index (κ3) is 6.18. The smallest absolute Gasteiger partial charge is 0.129 e. The van der Waals surface area contributed by atoms with Crippen LogP contribution in [-0.4, -0.2) is 17.7 Å². The Morgan fingerprint density at radius 2 is 1.41 bits per heavy atom. The Labute approximate surface area is 166 Å². The van der Waals surface area contributed by atoms with E-state index in [4.69, 9.17) is 4.99 Å². The second-order valence-electron chi connectivity index (χ2n) is 8.50. The molecule has 0 atom stereocenters. The van der Waals surface area contributed by atoms with Gasteiger partial charge in [0, 0.05) is 14.5 Å². The van der Waals surface area contributed by atoms with Crippen molar-refractivity contribution >= 4 is 24.1 Å². The zero-order valence-corrected chi connectivity index (χ0v) is 17.9. The molecule has 27 heavy (non-hydrogen) atoms. The van der Waals surface area contributed by atoms with Gasteiger partial charge in [-0.2, -0.15) is 0 Å². The minimum atomic E-state index is -0.667. The van der Waals surface area contributed by atoms with Crippen LogP contribution in [0.2, 0.25) is 0 Å². The van der Waals surface area contributed by atoms with Crippen LogP contribution >= 0.6 is 7.92 Å². The molecule has 3 rings (SSSR count). The van der Waals surface area contributed by atoms with Crippen molar-refractivity contribution in [2.75, 3.05) is 6.54 Å². The lowest BCUT2D eigenvalue weighted by Crippen LogP contribution is -2.35. The van der Waals surface area contributed by atoms with Gasteiger partial charge < -0.3 is 5.32 Å². The van der Waals surface area contributed by atoms with Gasteiger partial charge in [0.15, 0.2) is 0 Å². The van der Waals surface area contributed by atoms with Gasteiger partial charge in [0.2, 0.25) is 0 Å². The van der Waals surface area contributed by atoms with Crippen LogP contribution < -0.4 is 15.9 Å². The van der Waals surface area contributed by atoms with Gasteiger partial charge >= 0.3 is 0 Å². The fraction of sp³-hybridized carbons (Fsp3) is 0.458. The zero-order valence-electron chi connectivity index (χ0n) is 17.0. The molecule has 1 N–H and O–H groups in total. The van der Waals surface area contributed by atoms with Crippen molar-refractivity contribution in [3.63, 3.8) is 0 Å². The highest BCUT2D eigenvalue weighted by atomic mass is 31.1. The summed E-state index contributed by atoms with van der Waals surface area (Å²) in [7, 11) is -0.667. The highest BCUT2D eigenvalue weighted by Crippen LogP contribution is 2.36. The largest absolute Gasteiger partial charge is 0.369 e. The minimum Gasteiger partial charge on any atom is -0.369 e. The Hall–Kier alpha value is -1.66. The van der Waals surface area contributed by atoms with Gasteiger partial charge in [-0.05, 0) is 50.1 Å². The number of hydrogen-bond donors (Lipinski definition) is 1. The van der Waals surface area contributed by atoms with Crippen LogP contribution in [0.5, 0.6) is 0 Å². The molecule has 0 radical (unpaired) electrons. The standard InChI is InChI=1S/C24H33N2P/c1-24(2,3)26-23(25-19-20-13-7-4-8-14-20)27(21-15-9-5-10-16-21)22-17-11-6-12-18-22/h5-6,9-12,15-18,20H,4,7-8,13-14,19H2,1-3H3,(H,25,26). The number of nitrogens with zero attached hydrogens (tertiary/aromatic N) is 1. The molecule has 0 aromatic heterocycles. The normalized spacial score (nSPS) is 16.5. The van der Waals surface area contributed by atoms with Crippen molar-refractivity contribution in [3.05, 3.63) is 60.7 Å². The molecular formula is C24H33N2P. The molecule has 1 saturated carbocycles. The van der Waals surface area contributed by atoms with Gasteiger partial charge in [-0.3, -0.25) is 4.99 Å². The molecule has 0 bridgehead atoms. The second-order valence-corrected chi connectivity index (χ2v) is 10.6. The fourth-order valence-electron chi connectivity index (χ4n) is 3.66. The van der Waals surface area contributed by atoms with Gasteiger partial charge in [-0.15, -0.1) is 0 Å².